The lowest BCUT2D eigenvalue weighted by atomic mass is 10.2. The zero-order valence-corrected chi connectivity index (χ0v) is 15.5. The van der Waals surface area contributed by atoms with E-state index in [1.54, 1.807) is 17.0 Å². The molecule has 6 heteroatoms. The van der Waals surface area contributed by atoms with Gasteiger partial charge in [-0.05, 0) is 55.3 Å². The molecule has 3 rings (SSSR count). The van der Waals surface area contributed by atoms with Crippen molar-refractivity contribution in [3.63, 3.8) is 0 Å². The Kier molecular flexibility index (Phi) is 5.38. The van der Waals surface area contributed by atoms with Gasteiger partial charge in [-0.1, -0.05) is 22.0 Å². The monoisotopic (exact) mass is 402 g/mol. The lowest BCUT2D eigenvalue weighted by Gasteiger charge is -2.16. The summed E-state index contributed by atoms with van der Waals surface area (Å²) in [5.41, 5.74) is 2.68. The lowest BCUT2D eigenvalue weighted by molar-refractivity contribution is -0.118. The van der Waals surface area contributed by atoms with Gasteiger partial charge < -0.3 is 15.0 Å². The predicted molar refractivity (Wildman–Crippen MR) is 101 cm³/mol. The highest BCUT2D eigenvalue weighted by Crippen LogP contribution is 2.24. The number of carbonyl (C=O) groups excluding carboxylic acids is 2. The number of ether oxygens (including phenoxy) is 1. The van der Waals surface area contributed by atoms with E-state index in [0.717, 1.165) is 28.7 Å². The number of amides is 2. The summed E-state index contributed by atoms with van der Waals surface area (Å²) < 4.78 is 6.45. The number of benzene rings is 2. The van der Waals surface area contributed by atoms with Crippen LogP contribution in [0.3, 0.4) is 0 Å². The van der Waals surface area contributed by atoms with Gasteiger partial charge in [0.25, 0.3) is 5.91 Å². The molecule has 0 saturated carbocycles. The van der Waals surface area contributed by atoms with E-state index < -0.39 is 0 Å². The Morgan fingerprint density at radius 1 is 1.24 bits per heavy atom. The Morgan fingerprint density at radius 3 is 2.64 bits per heavy atom. The molecular weight excluding hydrogens is 384 g/mol. The van der Waals surface area contributed by atoms with E-state index in [1.165, 1.54) is 0 Å². The number of hydrogen-bond acceptors (Lipinski definition) is 3. The molecule has 1 heterocycles. The largest absolute Gasteiger partial charge is 0.484 e. The van der Waals surface area contributed by atoms with Crippen molar-refractivity contribution in [2.45, 2.75) is 19.8 Å². The van der Waals surface area contributed by atoms with Gasteiger partial charge in [-0.3, -0.25) is 9.59 Å². The number of rotatable bonds is 5. The van der Waals surface area contributed by atoms with Crippen molar-refractivity contribution in [2.24, 2.45) is 0 Å². The van der Waals surface area contributed by atoms with Crippen LogP contribution in [0.25, 0.3) is 0 Å². The predicted octanol–water partition coefficient (Wildman–Crippen LogP) is 3.90. The standard InChI is InChI=1S/C19H19BrN2O3/c1-13-4-5-14(11-17(13)20)21-18(23)12-25-16-8-6-15(7-9-16)22-10-2-3-19(22)24/h4-9,11H,2-3,10,12H2,1H3,(H,21,23). The summed E-state index contributed by atoms with van der Waals surface area (Å²) in [7, 11) is 0. The van der Waals surface area contributed by atoms with Crippen molar-refractivity contribution in [1.29, 1.82) is 0 Å². The Hall–Kier alpha value is -2.34. The van der Waals surface area contributed by atoms with Gasteiger partial charge in [-0.2, -0.15) is 0 Å². The van der Waals surface area contributed by atoms with Crippen molar-refractivity contribution in [1.82, 2.24) is 0 Å². The second-order valence-electron chi connectivity index (χ2n) is 5.94. The van der Waals surface area contributed by atoms with Crippen LogP contribution in [0.4, 0.5) is 11.4 Å². The van der Waals surface area contributed by atoms with Gasteiger partial charge in [0.05, 0.1) is 0 Å². The smallest absolute Gasteiger partial charge is 0.262 e. The summed E-state index contributed by atoms with van der Waals surface area (Å²) in [6.07, 6.45) is 1.50. The third-order valence-corrected chi connectivity index (χ3v) is 4.90. The molecule has 2 aromatic carbocycles. The van der Waals surface area contributed by atoms with Gasteiger partial charge in [0.1, 0.15) is 5.75 Å². The third kappa shape index (κ3) is 4.39. The quantitative estimate of drug-likeness (QED) is 0.824. The molecule has 1 N–H and O–H groups in total. The van der Waals surface area contributed by atoms with Crippen molar-refractivity contribution in [2.75, 3.05) is 23.4 Å². The summed E-state index contributed by atoms with van der Waals surface area (Å²) in [6.45, 7) is 2.67. The Balaban J connectivity index is 1.53. The first-order valence-electron chi connectivity index (χ1n) is 8.12. The summed E-state index contributed by atoms with van der Waals surface area (Å²) in [5, 5.41) is 2.80. The molecule has 0 radical (unpaired) electrons. The summed E-state index contributed by atoms with van der Waals surface area (Å²) >= 11 is 3.44. The molecule has 0 unspecified atom stereocenters. The van der Waals surface area contributed by atoms with Crippen LogP contribution in [0.15, 0.2) is 46.9 Å². The molecule has 2 amide bonds. The van der Waals surface area contributed by atoms with Crippen LogP contribution in [-0.4, -0.2) is 25.0 Å². The zero-order chi connectivity index (χ0) is 17.8. The van der Waals surface area contributed by atoms with E-state index in [2.05, 4.69) is 21.2 Å². The average molecular weight is 403 g/mol. The number of halogens is 1. The number of hydrogen-bond donors (Lipinski definition) is 1. The highest BCUT2D eigenvalue weighted by Gasteiger charge is 2.21. The Labute approximate surface area is 155 Å². The van der Waals surface area contributed by atoms with Crippen molar-refractivity contribution in [3.05, 3.63) is 52.5 Å². The second kappa shape index (κ2) is 7.70. The maximum atomic E-state index is 12.0. The summed E-state index contributed by atoms with van der Waals surface area (Å²) in [6, 6.07) is 12.9. The topological polar surface area (TPSA) is 58.6 Å². The van der Waals surface area contributed by atoms with Gasteiger partial charge >= 0.3 is 0 Å². The van der Waals surface area contributed by atoms with Gasteiger partial charge in [0.2, 0.25) is 5.91 Å². The third-order valence-electron chi connectivity index (χ3n) is 4.05. The van der Waals surface area contributed by atoms with Crippen LogP contribution in [0.2, 0.25) is 0 Å². The van der Waals surface area contributed by atoms with Crippen molar-refractivity contribution >= 4 is 39.1 Å². The number of carbonyl (C=O) groups is 2. The first-order valence-corrected chi connectivity index (χ1v) is 8.91. The van der Waals surface area contributed by atoms with E-state index in [-0.39, 0.29) is 18.4 Å². The van der Waals surface area contributed by atoms with Crippen LogP contribution >= 0.6 is 15.9 Å². The van der Waals surface area contributed by atoms with E-state index in [1.807, 2.05) is 37.3 Å². The summed E-state index contributed by atoms with van der Waals surface area (Å²) in [5.74, 6) is 0.516. The Bertz CT molecular complexity index is 790. The van der Waals surface area contributed by atoms with Crippen LogP contribution in [-0.2, 0) is 9.59 Å². The zero-order valence-electron chi connectivity index (χ0n) is 13.9. The molecule has 1 aliphatic rings. The fraction of sp³-hybridized carbons (Fsp3) is 0.263. The van der Waals surface area contributed by atoms with Crippen molar-refractivity contribution < 1.29 is 14.3 Å². The minimum atomic E-state index is -0.227. The first kappa shape index (κ1) is 17.5. The fourth-order valence-electron chi connectivity index (χ4n) is 2.66. The maximum absolute atomic E-state index is 12.0. The summed E-state index contributed by atoms with van der Waals surface area (Å²) in [4.78, 5) is 25.5. The molecular formula is C19H19BrN2O3. The minimum Gasteiger partial charge on any atom is -0.484 e. The van der Waals surface area contributed by atoms with Crippen LogP contribution in [0.5, 0.6) is 5.75 Å². The number of nitrogens with zero attached hydrogens (tertiary/aromatic N) is 1. The molecule has 0 aliphatic carbocycles. The van der Waals surface area contributed by atoms with E-state index >= 15 is 0 Å². The lowest BCUT2D eigenvalue weighted by Crippen LogP contribution is -2.23. The molecule has 0 bridgehead atoms. The van der Waals surface area contributed by atoms with Crippen molar-refractivity contribution in [3.8, 4) is 5.75 Å². The van der Waals surface area contributed by atoms with Gasteiger partial charge in [0.15, 0.2) is 6.61 Å². The molecule has 5 nitrogen and oxygen atoms in total. The maximum Gasteiger partial charge on any atom is 0.262 e. The van der Waals surface area contributed by atoms with E-state index in [0.29, 0.717) is 17.9 Å². The average Bonchev–Trinajstić information content (AvgIpc) is 3.03. The minimum absolute atomic E-state index is 0.0759. The molecule has 1 aliphatic heterocycles. The molecule has 1 saturated heterocycles. The number of anilines is 2. The second-order valence-corrected chi connectivity index (χ2v) is 6.80. The molecule has 130 valence electrons. The van der Waals surface area contributed by atoms with Gasteiger partial charge in [0, 0.05) is 28.8 Å². The number of nitrogens with one attached hydrogen (secondary N) is 1. The molecule has 0 spiro atoms. The Morgan fingerprint density at radius 2 is 2.00 bits per heavy atom. The highest BCUT2D eigenvalue weighted by molar-refractivity contribution is 9.10. The van der Waals surface area contributed by atoms with E-state index in [9.17, 15) is 9.59 Å². The van der Waals surface area contributed by atoms with E-state index in [4.69, 9.17) is 4.74 Å². The molecule has 25 heavy (non-hydrogen) atoms. The molecule has 0 atom stereocenters. The molecule has 2 aromatic rings. The first-order chi connectivity index (χ1) is 12.0. The fourth-order valence-corrected chi connectivity index (χ4v) is 3.04. The SMILES string of the molecule is Cc1ccc(NC(=O)COc2ccc(N3CCCC3=O)cc2)cc1Br. The van der Waals surface area contributed by atoms with Crippen LogP contribution < -0.4 is 15.0 Å². The normalized spacial score (nSPS) is 13.8. The highest BCUT2D eigenvalue weighted by atomic mass is 79.9. The van der Waals surface area contributed by atoms with Crippen LogP contribution in [0, 0.1) is 6.92 Å². The molecule has 1 fully saturated rings. The van der Waals surface area contributed by atoms with Gasteiger partial charge in [-0.15, -0.1) is 0 Å². The number of aryl methyl sites for hydroxylation is 1. The van der Waals surface area contributed by atoms with Crippen LogP contribution in [0.1, 0.15) is 18.4 Å². The van der Waals surface area contributed by atoms with Gasteiger partial charge in [-0.25, -0.2) is 0 Å². The molecule has 0 aromatic heterocycles.